The highest BCUT2D eigenvalue weighted by Gasteiger charge is 2.24. The third-order valence-electron chi connectivity index (χ3n) is 4.44. The lowest BCUT2D eigenvalue weighted by atomic mass is 9.92. The molecule has 29 heavy (non-hydrogen) atoms. The number of anilines is 1. The van der Waals surface area contributed by atoms with Crippen molar-refractivity contribution in [3.8, 4) is 17.3 Å². The van der Waals surface area contributed by atoms with E-state index in [4.69, 9.17) is 21.1 Å². The largest absolute Gasteiger partial charge is 0.486 e. The highest BCUT2D eigenvalue weighted by Crippen LogP contribution is 2.38. The number of hydrogen-bond donors (Lipinski definition) is 1. The molecule has 0 bridgehead atoms. The zero-order valence-electron chi connectivity index (χ0n) is 16.4. The molecule has 1 aliphatic rings. The minimum absolute atomic E-state index is 0.195. The summed E-state index contributed by atoms with van der Waals surface area (Å²) in [6, 6.07) is 10.6. The van der Waals surface area contributed by atoms with Gasteiger partial charge in [0.1, 0.15) is 19.0 Å². The van der Waals surface area contributed by atoms with Crippen LogP contribution in [0.4, 0.5) is 5.82 Å². The number of hydrogen-bond acceptors (Lipinski definition) is 5. The topological polar surface area (TPSA) is 78.3 Å². The first-order valence-corrected chi connectivity index (χ1v) is 9.63. The summed E-state index contributed by atoms with van der Waals surface area (Å²) in [5, 5.41) is 7.91. The zero-order valence-corrected chi connectivity index (χ0v) is 17.2. The molecule has 0 atom stereocenters. The summed E-state index contributed by atoms with van der Waals surface area (Å²) in [5.41, 5.74) is 1.00. The molecular formula is C21H21ClN4O3. The maximum absolute atomic E-state index is 13.0. The molecule has 1 aliphatic heterocycles. The number of carbonyl (C=O) groups excluding carboxylic acids is 1. The van der Waals surface area contributed by atoms with Crippen LogP contribution in [-0.4, -0.2) is 33.9 Å². The standard InChI is InChI=1S/C21H21ClN4O3/c1-21(2,3)16-12-18(26(25-16)17-6-4-5-7-23-17)24-20(27)13-10-14(22)19-15(11-13)28-8-9-29-19/h4-7,10-12H,8-9H2,1-3H3,(H,24,27). The van der Waals surface area contributed by atoms with Crippen molar-refractivity contribution >= 4 is 23.3 Å². The van der Waals surface area contributed by atoms with E-state index in [2.05, 4.69) is 36.2 Å². The highest BCUT2D eigenvalue weighted by molar-refractivity contribution is 6.32. The van der Waals surface area contributed by atoms with Crippen molar-refractivity contribution in [1.29, 1.82) is 0 Å². The van der Waals surface area contributed by atoms with Gasteiger partial charge in [-0.3, -0.25) is 4.79 Å². The highest BCUT2D eigenvalue weighted by atomic mass is 35.5. The van der Waals surface area contributed by atoms with Crippen LogP contribution < -0.4 is 14.8 Å². The number of halogens is 1. The van der Waals surface area contributed by atoms with Crippen LogP contribution in [0.15, 0.2) is 42.6 Å². The van der Waals surface area contributed by atoms with E-state index >= 15 is 0 Å². The average molecular weight is 413 g/mol. The first-order chi connectivity index (χ1) is 13.8. The molecule has 1 N–H and O–H groups in total. The molecule has 3 aromatic rings. The molecule has 7 nitrogen and oxygen atoms in total. The van der Waals surface area contributed by atoms with Crippen LogP contribution in [-0.2, 0) is 5.41 Å². The smallest absolute Gasteiger partial charge is 0.257 e. The van der Waals surface area contributed by atoms with E-state index in [1.54, 1.807) is 23.0 Å². The molecule has 0 aliphatic carbocycles. The maximum Gasteiger partial charge on any atom is 0.257 e. The second kappa shape index (κ2) is 7.40. The fourth-order valence-electron chi connectivity index (χ4n) is 2.92. The molecule has 150 valence electrons. The lowest BCUT2D eigenvalue weighted by Gasteiger charge is -2.20. The SMILES string of the molecule is CC(C)(C)c1cc(NC(=O)c2cc(Cl)c3c(c2)OCCO3)n(-c2ccccn2)n1. The van der Waals surface area contributed by atoms with Gasteiger partial charge in [0.2, 0.25) is 0 Å². The summed E-state index contributed by atoms with van der Waals surface area (Å²) in [6.07, 6.45) is 1.68. The predicted octanol–water partition coefficient (Wildman–Crippen LogP) is 4.24. The second-order valence-corrected chi connectivity index (χ2v) is 8.11. The van der Waals surface area contributed by atoms with Crippen molar-refractivity contribution in [2.75, 3.05) is 18.5 Å². The Morgan fingerprint density at radius 3 is 2.69 bits per heavy atom. The van der Waals surface area contributed by atoms with Gasteiger partial charge in [-0.25, -0.2) is 4.98 Å². The van der Waals surface area contributed by atoms with Crippen molar-refractivity contribution < 1.29 is 14.3 Å². The lowest BCUT2D eigenvalue weighted by molar-refractivity contribution is 0.102. The summed E-state index contributed by atoms with van der Waals surface area (Å²) in [7, 11) is 0. The maximum atomic E-state index is 13.0. The van der Waals surface area contributed by atoms with Gasteiger partial charge in [0.15, 0.2) is 17.3 Å². The van der Waals surface area contributed by atoms with Crippen LogP contribution >= 0.6 is 11.6 Å². The number of nitrogens with zero attached hydrogens (tertiary/aromatic N) is 3. The summed E-state index contributed by atoms with van der Waals surface area (Å²) in [5.74, 6) is 1.72. The minimum atomic E-state index is -0.332. The van der Waals surface area contributed by atoms with Crippen LogP contribution in [0.5, 0.6) is 11.5 Å². The Kier molecular flexibility index (Phi) is 4.92. The predicted molar refractivity (Wildman–Crippen MR) is 110 cm³/mol. The molecule has 4 rings (SSSR count). The fraction of sp³-hybridized carbons (Fsp3) is 0.286. The van der Waals surface area contributed by atoms with Gasteiger partial charge in [-0.2, -0.15) is 9.78 Å². The van der Waals surface area contributed by atoms with Crippen LogP contribution in [0, 0.1) is 0 Å². The number of carbonyl (C=O) groups is 1. The van der Waals surface area contributed by atoms with Gasteiger partial charge in [-0.15, -0.1) is 0 Å². The van der Waals surface area contributed by atoms with Gasteiger partial charge in [0.25, 0.3) is 5.91 Å². The van der Waals surface area contributed by atoms with Crippen molar-refractivity contribution in [3.05, 3.63) is 58.9 Å². The van der Waals surface area contributed by atoms with Crippen molar-refractivity contribution in [2.24, 2.45) is 0 Å². The summed E-state index contributed by atoms with van der Waals surface area (Å²) < 4.78 is 12.7. The normalized spacial score (nSPS) is 13.2. The van der Waals surface area contributed by atoms with Crippen molar-refractivity contribution in [3.63, 3.8) is 0 Å². The first kappa shape index (κ1) is 19.3. The van der Waals surface area contributed by atoms with Crippen molar-refractivity contribution in [1.82, 2.24) is 14.8 Å². The van der Waals surface area contributed by atoms with Gasteiger partial charge in [-0.05, 0) is 24.3 Å². The third kappa shape index (κ3) is 3.91. The summed E-state index contributed by atoms with van der Waals surface area (Å²) in [6.45, 7) is 7.02. The number of rotatable bonds is 3. The van der Waals surface area contributed by atoms with E-state index in [1.807, 2.05) is 24.3 Å². The van der Waals surface area contributed by atoms with Crippen molar-refractivity contribution in [2.45, 2.75) is 26.2 Å². The number of benzene rings is 1. The molecule has 0 radical (unpaired) electrons. The number of pyridine rings is 1. The number of aromatic nitrogens is 3. The van der Waals surface area contributed by atoms with E-state index in [0.717, 1.165) is 5.69 Å². The van der Waals surface area contributed by atoms with E-state index in [-0.39, 0.29) is 11.3 Å². The minimum Gasteiger partial charge on any atom is -0.486 e. The second-order valence-electron chi connectivity index (χ2n) is 7.70. The van der Waals surface area contributed by atoms with E-state index < -0.39 is 0 Å². The van der Waals surface area contributed by atoms with E-state index in [9.17, 15) is 4.79 Å². The summed E-state index contributed by atoms with van der Waals surface area (Å²) in [4.78, 5) is 17.3. The summed E-state index contributed by atoms with van der Waals surface area (Å²) >= 11 is 6.27. The van der Waals surface area contributed by atoms with E-state index in [0.29, 0.717) is 46.9 Å². The molecule has 0 spiro atoms. The Labute approximate surface area is 173 Å². The zero-order chi connectivity index (χ0) is 20.6. The number of ether oxygens (including phenoxy) is 2. The molecule has 8 heteroatoms. The Bertz CT molecular complexity index is 1060. The monoisotopic (exact) mass is 412 g/mol. The first-order valence-electron chi connectivity index (χ1n) is 9.25. The average Bonchev–Trinajstić information content (AvgIpc) is 3.13. The fourth-order valence-corrected chi connectivity index (χ4v) is 3.19. The van der Waals surface area contributed by atoms with Gasteiger partial charge in [0.05, 0.1) is 10.7 Å². The van der Waals surface area contributed by atoms with Gasteiger partial charge in [-0.1, -0.05) is 38.4 Å². The number of nitrogens with one attached hydrogen (secondary N) is 1. The molecule has 3 heterocycles. The Morgan fingerprint density at radius 2 is 1.97 bits per heavy atom. The molecule has 0 unspecified atom stereocenters. The van der Waals surface area contributed by atoms with Crippen LogP contribution in [0.25, 0.3) is 5.82 Å². The molecular weight excluding hydrogens is 392 g/mol. The number of amides is 1. The molecule has 0 saturated heterocycles. The lowest BCUT2D eigenvalue weighted by Crippen LogP contribution is -2.18. The molecule has 1 aromatic carbocycles. The number of fused-ring (bicyclic) bond motifs is 1. The van der Waals surface area contributed by atoms with Crippen LogP contribution in [0.1, 0.15) is 36.8 Å². The molecule has 1 amide bonds. The van der Waals surface area contributed by atoms with Crippen LogP contribution in [0.2, 0.25) is 5.02 Å². The Hall–Kier alpha value is -3.06. The van der Waals surface area contributed by atoms with Gasteiger partial charge < -0.3 is 14.8 Å². The molecule has 2 aromatic heterocycles. The van der Waals surface area contributed by atoms with Gasteiger partial charge in [0, 0.05) is 23.2 Å². The van der Waals surface area contributed by atoms with Crippen LogP contribution in [0.3, 0.4) is 0 Å². The van der Waals surface area contributed by atoms with E-state index in [1.165, 1.54) is 0 Å². The Balaban J connectivity index is 1.69. The Morgan fingerprint density at radius 1 is 1.17 bits per heavy atom. The molecule has 0 saturated carbocycles. The quantitative estimate of drug-likeness (QED) is 0.696. The molecule has 0 fully saturated rings. The van der Waals surface area contributed by atoms with Gasteiger partial charge >= 0.3 is 0 Å². The third-order valence-corrected chi connectivity index (χ3v) is 4.73.